The average molecular weight is 399 g/mol. The summed E-state index contributed by atoms with van der Waals surface area (Å²) < 4.78 is 10.5. The standard InChI is InChI=1S/C25H34O4/c1-28-25(27)16-29-24-9-5-8-19-14-21-17(10-11-20(21)15-22(19)24)12-13-23(26)18-6-3-2-4-7-18/h5,8-9,12-13,17-18,20-21,23,26H,2-4,6-7,10-11,14-16H2,1H3/b13-12+. The lowest BCUT2D eigenvalue weighted by molar-refractivity contribution is -0.142. The van der Waals surface area contributed by atoms with E-state index in [2.05, 4.69) is 18.2 Å². The molecule has 29 heavy (non-hydrogen) atoms. The molecule has 0 aliphatic heterocycles. The van der Waals surface area contributed by atoms with E-state index in [-0.39, 0.29) is 18.7 Å². The van der Waals surface area contributed by atoms with Gasteiger partial charge in [-0.2, -0.15) is 0 Å². The van der Waals surface area contributed by atoms with E-state index in [1.54, 1.807) is 0 Å². The summed E-state index contributed by atoms with van der Waals surface area (Å²) in [7, 11) is 1.38. The third kappa shape index (κ3) is 4.69. The van der Waals surface area contributed by atoms with Crippen LogP contribution in [0, 0.1) is 23.7 Å². The van der Waals surface area contributed by atoms with Gasteiger partial charge in [-0.3, -0.25) is 0 Å². The first-order chi connectivity index (χ1) is 14.2. The molecular weight excluding hydrogens is 364 g/mol. The zero-order valence-corrected chi connectivity index (χ0v) is 17.5. The van der Waals surface area contributed by atoms with Crippen LogP contribution in [-0.2, 0) is 22.4 Å². The van der Waals surface area contributed by atoms with Gasteiger partial charge >= 0.3 is 5.97 Å². The van der Waals surface area contributed by atoms with E-state index in [1.165, 1.54) is 63.2 Å². The summed E-state index contributed by atoms with van der Waals surface area (Å²) in [6, 6.07) is 6.19. The van der Waals surface area contributed by atoms with Crippen LogP contribution in [0.4, 0.5) is 0 Å². The number of methoxy groups -OCH3 is 1. The predicted octanol–water partition coefficient (Wildman–Crippen LogP) is 4.48. The molecule has 1 N–H and O–H groups in total. The Labute approximate surface area is 174 Å². The molecule has 2 saturated carbocycles. The second-order valence-electron chi connectivity index (χ2n) is 9.11. The number of fused-ring (bicyclic) bond motifs is 2. The van der Waals surface area contributed by atoms with Crippen LogP contribution in [0.2, 0.25) is 0 Å². The first kappa shape index (κ1) is 20.5. The summed E-state index contributed by atoms with van der Waals surface area (Å²) in [6.45, 7) is -0.0362. The van der Waals surface area contributed by atoms with Gasteiger partial charge in [-0.1, -0.05) is 43.5 Å². The number of carbonyl (C=O) groups is 1. The molecule has 0 saturated heterocycles. The number of rotatable bonds is 6. The number of hydrogen-bond donors (Lipinski definition) is 1. The van der Waals surface area contributed by atoms with E-state index in [1.807, 2.05) is 12.1 Å². The van der Waals surface area contributed by atoms with Gasteiger partial charge in [0.05, 0.1) is 13.2 Å². The van der Waals surface area contributed by atoms with Crippen molar-refractivity contribution in [2.75, 3.05) is 13.7 Å². The fourth-order valence-electron chi connectivity index (χ4n) is 5.77. The third-order valence-corrected chi connectivity index (χ3v) is 7.44. The monoisotopic (exact) mass is 398 g/mol. The molecule has 1 aromatic carbocycles. The molecule has 0 amide bonds. The van der Waals surface area contributed by atoms with Crippen LogP contribution >= 0.6 is 0 Å². The molecule has 1 aromatic rings. The van der Waals surface area contributed by atoms with E-state index >= 15 is 0 Å². The molecule has 158 valence electrons. The van der Waals surface area contributed by atoms with E-state index in [9.17, 15) is 9.90 Å². The van der Waals surface area contributed by atoms with Crippen molar-refractivity contribution in [2.24, 2.45) is 23.7 Å². The molecule has 3 aliphatic carbocycles. The minimum Gasteiger partial charge on any atom is -0.482 e. The van der Waals surface area contributed by atoms with Crippen LogP contribution in [0.3, 0.4) is 0 Å². The van der Waals surface area contributed by atoms with E-state index in [4.69, 9.17) is 9.47 Å². The van der Waals surface area contributed by atoms with Crippen molar-refractivity contribution in [2.45, 2.75) is 63.9 Å². The number of aliphatic hydroxyl groups excluding tert-OH is 1. The molecule has 0 heterocycles. The van der Waals surface area contributed by atoms with Gasteiger partial charge in [-0.15, -0.1) is 0 Å². The summed E-state index contributed by atoms with van der Waals surface area (Å²) in [5.41, 5.74) is 2.62. The van der Waals surface area contributed by atoms with Crippen LogP contribution in [0.1, 0.15) is 56.1 Å². The maximum atomic E-state index is 11.4. The minimum absolute atomic E-state index is 0.0362. The van der Waals surface area contributed by atoms with E-state index in [0.29, 0.717) is 23.7 Å². The number of benzene rings is 1. The summed E-state index contributed by atoms with van der Waals surface area (Å²) in [5, 5.41) is 10.6. The number of carbonyl (C=O) groups excluding carboxylic acids is 1. The summed E-state index contributed by atoms with van der Waals surface area (Å²) in [6.07, 6.45) is 14.9. The molecule has 4 heteroatoms. The second-order valence-corrected chi connectivity index (χ2v) is 9.11. The van der Waals surface area contributed by atoms with Crippen LogP contribution in [0.25, 0.3) is 0 Å². The number of esters is 1. The van der Waals surface area contributed by atoms with Gasteiger partial charge in [-0.25, -0.2) is 4.79 Å². The zero-order chi connectivity index (χ0) is 20.2. The Hall–Kier alpha value is -1.81. The Balaban J connectivity index is 1.41. The van der Waals surface area contributed by atoms with E-state index < -0.39 is 0 Å². The highest BCUT2D eigenvalue weighted by molar-refractivity contribution is 5.71. The molecule has 0 bridgehead atoms. The maximum absolute atomic E-state index is 11.4. The van der Waals surface area contributed by atoms with Crippen LogP contribution in [0.15, 0.2) is 30.4 Å². The Morgan fingerprint density at radius 1 is 1.17 bits per heavy atom. The summed E-state index contributed by atoms with van der Waals surface area (Å²) >= 11 is 0. The first-order valence-electron chi connectivity index (χ1n) is 11.3. The lowest BCUT2D eigenvalue weighted by Crippen LogP contribution is -2.26. The summed E-state index contributed by atoms with van der Waals surface area (Å²) in [5.74, 6) is 2.81. The van der Waals surface area contributed by atoms with Gasteiger partial charge in [-0.05, 0) is 79.4 Å². The number of aliphatic hydroxyl groups is 1. The highest BCUT2D eigenvalue weighted by atomic mass is 16.6. The van der Waals surface area contributed by atoms with Crippen molar-refractivity contribution in [3.63, 3.8) is 0 Å². The molecular formula is C25H34O4. The van der Waals surface area contributed by atoms with Crippen molar-refractivity contribution in [1.29, 1.82) is 0 Å². The molecule has 0 radical (unpaired) electrons. The smallest absolute Gasteiger partial charge is 0.343 e. The molecule has 0 spiro atoms. The van der Waals surface area contributed by atoms with E-state index in [0.717, 1.165) is 18.6 Å². The van der Waals surface area contributed by atoms with Gasteiger partial charge in [0.2, 0.25) is 0 Å². The quantitative estimate of drug-likeness (QED) is 0.567. The molecule has 4 atom stereocenters. The van der Waals surface area contributed by atoms with Crippen LogP contribution < -0.4 is 4.74 Å². The van der Waals surface area contributed by atoms with Gasteiger partial charge in [0.25, 0.3) is 0 Å². The molecule has 4 nitrogen and oxygen atoms in total. The largest absolute Gasteiger partial charge is 0.482 e. The van der Waals surface area contributed by atoms with Crippen molar-refractivity contribution >= 4 is 5.97 Å². The minimum atomic E-state index is -0.348. The topological polar surface area (TPSA) is 55.8 Å². The molecule has 0 aromatic heterocycles. The Morgan fingerprint density at radius 2 is 2.00 bits per heavy atom. The summed E-state index contributed by atoms with van der Waals surface area (Å²) in [4.78, 5) is 11.4. The molecule has 2 fully saturated rings. The second kappa shape index (κ2) is 9.34. The van der Waals surface area contributed by atoms with Crippen molar-refractivity contribution in [3.05, 3.63) is 41.5 Å². The number of hydrogen-bond acceptors (Lipinski definition) is 4. The average Bonchev–Trinajstić information content (AvgIpc) is 3.16. The lowest BCUT2D eigenvalue weighted by atomic mass is 9.74. The molecule has 3 aliphatic rings. The predicted molar refractivity (Wildman–Crippen MR) is 113 cm³/mol. The normalized spacial score (nSPS) is 28.0. The van der Waals surface area contributed by atoms with Crippen molar-refractivity contribution < 1.29 is 19.4 Å². The highest BCUT2D eigenvalue weighted by Crippen LogP contribution is 2.47. The fraction of sp³-hybridized carbons (Fsp3) is 0.640. The van der Waals surface area contributed by atoms with Crippen LogP contribution in [0.5, 0.6) is 5.75 Å². The van der Waals surface area contributed by atoms with Gasteiger partial charge in [0, 0.05) is 0 Å². The van der Waals surface area contributed by atoms with Gasteiger partial charge < -0.3 is 14.6 Å². The SMILES string of the molecule is COC(=O)COc1cccc2c1CC1CCC(/C=C/C(O)C3CCCCC3)C1C2. The Bertz CT molecular complexity index is 734. The maximum Gasteiger partial charge on any atom is 0.343 e. The Morgan fingerprint density at radius 3 is 2.79 bits per heavy atom. The van der Waals surface area contributed by atoms with Gasteiger partial charge in [0.15, 0.2) is 6.61 Å². The molecule has 4 unspecified atom stereocenters. The number of ether oxygens (including phenoxy) is 2. The van der Waals surface area contributed by atoms with Crippen molar-refractivity contribution in [1.82, 2.24) is 0 Å². The highest BCUT2D eigenvalue weighted by Gasteiger charge is 2.39. The number of allylic oxidation sites excluding steroid dienone is 1. The zero-order valence-electron chi connectivity index (χ0n) is 17.5. The molecule has 4 rings (SSSR count). The Kier molecular flexibility index (Phi) is 6.59. The van der Waals surface area contributed by atoms with Gasteiger partial charge in [0.1, 0.15) is 5.75 Å². The first-order valence-corrected chi connectivity index (χ1v) is 11.3. The lowest BCUT2D eigenvalue weighted by Gasteiger charge is -2.31. The van der Waals surface area contributed by atoms with Crippen molar-refractivity contribution in [3.8, 4) is 5.75 Å². The van der Waals surface area contributed by atoms with Crippen LogP contribution in [-0.4, -0.2) is 30.9 Å². The fourth-order valence-corrected chi connectivity index (χ4v) is 5.77. The third-order valence-electron chi connectivity index (χ3n) is 7.44.